The van der Waals surface area contributed by atoms with Gasteiger partial charge in [0, 0.05) is 31.2 Å². The van der Waals surface area contributed by atoms with Gasteiger partial charge in [0.1, 0.15) is 11.4 Å². The third-order valence-corrected chi connectivity index (χ3v) is 4.31. The second-order valence-electron chi connectivity index (χ2n) is 6.33. The summed E-state index contributed by atoms with van der Waals surface area (Å²) >= 11 is 0. The maximum atomic E-state index is 13.7. The van der Waals surface area contributed by atoms with Crippen LogP contribution >= 0.6 is 0 Å². The molecule has 0 atom stereocenters. The molecule has 7 nitrogen and oxygen atoms in total. The van der Waals surface area contributed by atoms with Crippen LogP contribution in [0.3, 0.4) is 0 Å². The number of carbonyl (C=O) groups is 2. The molecule has 3 rings (SSSR count). The van der Waals surface area contributed by atoms with Gasteiger partial charge >= 0.3 is 0 Å². The number of amides is 2. The van der Waals surface area contributed by atoms with Gasteiger partial charge in [-0.25, -0.2) is 4.39 Å². The molecule has 154 valence electrons. The molecular formula is C22H20FN3O4. The van der Waals surface area contributed by atoms with Crippen molar-refractivity contribution in [1.82, 2.24) is 9.88 Å². The maximum Gasteiger partial charge on any atom is 0.267 e. The molecule has 0 radical (unpaired) electrons. The summed E-state index contributed by atoms with van der Waals surface area (Å²) < 4.78 is 19.9. The normalized spacial score (nSPS) is 10.5. The first-order valence-corrected chi connectivity index (χ1v) is 9.16. The molecule has 8 heteroatoms. The minimum absolute atomic E-state index is 0.00513. The van der Waals surface area contributed by atoms with Gasteiger partial charge in [0.2, 0.25) is 0 Å². The average Bonchev–Trinajstić information content (AvgIpc) is 2.75. The van der Waals surface area contributed by atoms with Crippen molar-refractivity contribution >= 4 is 17.5 Å². The molecule has 0 aliphatic heterocycles. The molecule has 0 aliphatic carbocycles. The first-order valence-electron chi connectivity index (χ1n) is 9.16. The lowest BCUT2D eigenvalue weighted by atomic mass is 10.2. The van der Waals surface area contributed by atoms with Gasteiger partial charge in [-0.1, -0.05) is 12.1 Å². The molecule has 1 heterocycles. The molecular weight excluding hydrogens is 389 g/mol. The quantitative estimate of drug-likeness (QED) is 0.587. The van der Waals surface area contributed by atoms with E-state index < -0.39 is 23.2 Å². The molecule has 0 aliphatic rings. The molecule has 2 amide bonds. The summed E-state index contributed by atoms with van der Waals surface area (Å²) in [5.74, 6) is -1.67. The lowest BCUT2D eigenvalue weighted by Crippen LogP contribution is -2.33. The Morgan fingerprint density at radius 1 is 0.967 bits per heavy atom. The Labute approximate surface area is 172 Å². The molecule has 1 aromatic heterocycles. The van der Waals surface area contributed by atoms with Gasteiger partial charge in [0.05, 0.1) is 12.2 Å². The van der Waals surface area contributed by atoms with E-state index in [-0.39, 0.29) is 11.1 Å². The number of hydrogen-bond acceptors (Lipinski definition) is 4. The molecule has 3 aromatic rings. The molecule has 0 saturated carbocycles. The van der Waals surface area contributed by atoms with Crippen molar-refractivity contribution in [2.75, 3.05) is 25.6 Å². The Bertz CT molecular complexity index is 1110. The second-order valence-corrected chi connectivity index (χ2v) is 6.33. The van der Waals surface area contributed by atoms with E-state index in [1.54, 1.807) is 42.6 Å². The van der Waals surface area contributed by atoms with Crippen LogP contribution in [-0.4, -0.2) is 36.6 Å². The van der Waals surface area contributed by atoms with Crippen molar-refractivity contribution in [3.63, 3.8) is 0 Å². The molecule has 0 unspecified atom stereocenters. The summed E-state index contributed by atoms with van der Waals surface area (Å²) in [6.07, 6.45) is 1.54. The summed E-state index contributed by atoms with van der Waals surface area (Å²) in [5.41, 5.74) is 0.412. The van der Waals surface area contributed by atoms with E-state index in [1.807, 2.05) is 0 Å². The molecule has 0 bridgehead atoms. The van der Waals surface area contributed by atoms with E-state index in [9.17, 15) is 18.8 Å². The molecule has 2 aromatic carbocycles. The predicted molar refractivity (Wildman–Crippen MR) is 111 cm³/mol. The van der Waals surface area contributed by atoms with E-state index in [4.69, 9.17) is 4.74 Å². The van der Waals surface area contributed by atoms with Crippen LogP contribution in [0.15, 0.2) is 71.7 Å². The Morgan fingerprint density at radius 3 is 2.37 bits per heavy atom. The first-order chi connectivity index (χ1) is 14.5. The summed E-state index contributed by atoms with van der Waals surface area (Å²) in [5, 5.41) is 5.22. The molecule has 0 saturated heterocycles. The average molecular weight is 409 g/mol. The SMILES string of the molecule is COCCNC(=O)c1cccn(-c2ccc(NC(=O)c3ccccc3F)cc2)c1=O. The van der Waals surface area contributed by atoms with Crippen LogP contribution in [0.25, 0.3) is 5.69 Å². The van der Waals surface area contributed by atoms with Gasteiger partial charge in [-0.3, -0.25) is 19.0 Å². The van der Waals surface area contributed by atoms with Crippen LogP contribution in [0.1, 0.15) is 20.7 Å². The predicted octanol–water partition coefficient (Wildman–Crippen LogP) is 2.61. The largest absolute Gasteiger partial charge is 0.383 e. The summed E-state index contributed by atoms with van der Waals surface area (Å²) in [4.78, 5) is 37.1. The van der Waals surface area contributed by atoms with E-state index in [0.717, 1.165) is 0 Å². The highest BCUT2D eigenvalue weighted by molar-refractivity contribution is 6.04. The maximum absolute atomic E-state index is 13.7. The number of ether oxygens (including phenoxy) is 1. The van der Waals surface area contributed by atoms with Crippen molar-refractivity contribution < 1.29 is 18.7 Å². The highest BCUT2D eigenvalue weighted by Crippen LogP contribution is 2.15. The van der Waals surface area contributed by atoms with Gasteiger partial charge in [0.15, 0.2) is 0 Å². The number of pyridine rings is 1. The Morgan fingerprint density at radius 2 is 1.67 bits per heavy atom. The zero-order valence-electron chi connectivity index (χ0n) is 16.2. The van der Waals surface area contributed by atoms with Crippen LogP contribution in [0, 0.1) is 5.82 Å². The zero-order valence-corrected chi connectivity index (χ0v) is 16.2. The van der Waals surface area contributed by atoms with E-state index in [1.165, 1.54) is 35.9 Å². The van der Waals surface area contributed by atoms with Crippen molar-refractivity contribution in [3.8, 4) is 5.69 Å². The van der Waals surface area contributed by atoms with Crippen LogP contribution in [0.2, 0.25) is 0 Å². The monoisotopic (exact) mass is 409 g/mol. The van der Waals surface area contributed by atoms with Crippen molar-refractivity contribution in [2.45, 2.75) is 0 Å². The first kappa shape index (κ1) is 20.9. The van der Waals surface area contributed by atoms with Gasteiger partial charge in [-0.2, -0.15) is 0 Å². The highest BCUT2D eigenvalue weighted by Gasteiger charge is 2.13. The lowest BCUT2D eigenvalue weighted by Gasteiger charge is -2.10. The number of methoxy groups -OCH3 is 1. The molecule has 0 spiro atoms. The minimum Gasteiger partial charge on any atom is -0.383 e. The summed E-state index contributed by atoms with van der Waals surface area (Å²) in [7, 11) is 1.52. The number of nitrogens with zero attached hydrogens (tertiary/aromatic N) is 1. The van der Waals surface area contributed by atoms with E-state index in [0.29, 0.717) is 24.5 Å². The van der Waals surface area contributed by atoms with Crippen LogP contribution in [0.4, 0.5) is 10.1 Å². The number of halogens is 1. The van der Waals surface area contributed by atoms with Crippen molar-refractivity contribution in [1.29, 1.82) is 0 Å². The van der Waals surface area contributed by atoms with Crippen LogP contribution < -0.4 is 16.2 Å². The fourth-order valence-corrected chi connectivity index (χ4v) is 2.78. The number of rotatable bonds is 7. The number of hydrogen-bond donors (Lipinski definition) is 2. The Hall–Kier alpha value is -3.78. The van der Waals surface area contributed by atoms with Gasteiger partial charge in [-0.15, -0.1) is 0 Å². The minimum atomic E-state index is -0.612. The number of nitrogens with one attached hydrogen (secondary N) is 2. The third kappa shape index (κ3) is 4.79. The summed E-state index contributed by atoms with van der Waals surface area (Å²) in [6, 6.07) is 15.1. The van der Waals surface area contributed by atoms with Crippen LogP contribution in [0.5, 0.6) is 0 Å². The fraction of sp³-hybridized carbons (Fsp3) is 0.136. The Balaban J connectivity index is 1.77. The highest BCUT2D eigenvalue weighted by atomic mass is 19.1. The zero-order chi connectivity index (χ0) is 21.5. The van der Waals surface area contributed by atoms with E-state index in [2.05, 4.69) is 10.6 Å². The molecule has 30 heavy (non-hydrogen) atoms. The smallest absolute Gasteiger partial charge is 0.267 e. The number of aromatic nitrogens is 1. The molecule has 2 N–H and O–H groups in total. The van der Waals surface area contributed by atoms with Crippen molar-refractivity contribution in [2.24, 2.45) is 0 Å². The topological polar surface area (TPSA) is 89.4 Å². The standard InChI is InChI=1S/C22H20FN3O4/c1-30-14-12-24-20(27)18-6-4-13-26(22(18)29)16-10-8-15(9-11-16)25-21(28)17-5-2-3-7-19(17)23/h2-11,13H,12,14H2,1H3,(H,24,27)(H,25,28). The number of carbonyl (C=O) groups excluding carboxylic acids is 2. The van der Waals surface area contributed by atoms with Crippen molar-refractivity contribution in [3.05, 3.63) is 94.2 Å². The van der Waals surface area contributed by atoms with Gasteiger partial charge in [-0.05, 0) is 48.5 Å². The lowest BCUT2D eigenvalue weighted by molar-refractivity contribution is 0.0934. The van der Waals surface area contributed by atoms with Crippen LogP contribution in [-0.2, 0) is 4.74 Å². The number of benzene rings is 2. The van der Waals surface area contributed by atoms with E-state index >= 15 is 0 Å². The fourth-order valence-electron chi connectivity index (χ4n) is 2.78. The van der Waals surface area contributed by atoms with Gasteiger partial charge < -0.3 is 15.4 Å². The Kier molecular flexibility index (Phi) is 6.71. The second kappa shape index (κ2) is 9.62. The van der Waals surface area contributed by atoms with Gasteiger partial charge in [0.25, 0.3) is 17.4 Å². The summed E-state index contributed by atoms with van der Waals surface area (Å²) in [6.45, 7) is 0.632. The third-order valence-electron chi connectivity index (χ3n) is 4.31. The number of anilines is 1. The molecule has 0 fully saturated rings.